The molecular weight excluding hydrogens is 426 g/mol. The lowest BCUT2D eigenvalue weighted by Crippen LogP contribution is -2.36. The Morgan fingerprint density at radius 2 is 2.09 bits per heavy atom. The number of anilines is 1. The smallest absolute Gasteiger partial charge is 0.254 e. The van der Waals surface area contributed by atoms with E-state index in [9.17, 15) is 4.79 Å². The number of nitrogens with zero attached hydrogens (tertiary/aromatic N) is 2. The van der Waals surface area contributed by atoms with Crippen molar-refractivity contribution in [1.29, 1.82) is 0 Å². The van der Waals surface area contributed by atoms with Gasteiger partial charge in [-0.15, -0.1) is 0 Å². The van der Waals surface area contributed by atoms with Gasteiger partial charge in [0.2, 0.25) is 0 Å². The molecule has 3 heterocycles. The summed E-state index contributed by atoms with van der Waals surface area (Å²) >= 11 is 0. The topological polar surface area (TPSA) is 67.6 Å². The number of hydrogen-bond acceptors (Lipinski definition) is 5. The fourth-order valence-electron chi connectivity index (χ4n) is 4.55. The minimum absolute atomic E-state index is 0.0397. The molecule has 34 heavy (non-hydrogen) atoms. The molecule has 6 heteroatoms. The molecule has 0 saturated carbocycles. The number of hydrogen-bond donors (Lipinski definition) is 1. The Labute approximate surface area is 199 Å². The van der Waals surface area contributed by atoms with Crippen LogP contribution in [0.3, 0.4) is 0 Å². The standard InChI is InChI=1S/C28H29N3O3/c1-20-8-9-23(16-26(20)30-17-24-6-2-3-11-29-24)28(32)31-12-14-33-19-21(18-31)15-22-5-4-7-27-25(22)10-13-34-27/h2-11,13,16,21,30H,12,14-15,17-19H2,1H3/t21-/m1/s1. The second kappa shape index (κ2) is 10.1. The Hall–Kier alpha value is -3.64. The van der Waals surface area contributed by atoms with E-state index in [1.807, 2.05) is 66.4 Å². The summed E-state index contributed by atoms with van der Waals surface area (Å²) in [5.41, 5.74) is 5.81. The first-order valence-corrected chi connectivity index (χ1v) is 11.7. The molecule has 1 amide bonds. The maximum Gasteiger partial charge on any atom is 0.254 e. The molecule has 0 radical (unpaired) electrons. The molecule has 2 aromatic heterocycles. The molecule has 1 aliphatic heterocycles. The van der Waals surface area contributed by atoms with Gasteiger partial charge in [-0.2, -0.15) is 0 Å². The lowest BCUT2D eigenvalue weighted by molar-refractivity contribution is 0.0737. The largest absolute Gasteiger partial charge is 0.464 e. The highest BCUT2D eigenvalue weighted by molar-refractivity contribution is 5.95. The van der Waals surface area contributed by atoms with Gasteiger partial charge in [0.05, 0.1) is 31.7 Å². The van der Waals surface area contributed by atoms with Crippen LogP contribution in [-0.2, 0) is 17.7 Å². The summed E-state index contributed by atoms with van der Waals surface area (Å²) in [4.78, 5) is 19.8. The molecule has 0 aliphatic carbocycles. The number of carbonyl (C=O) groups excluding carboxylic acids is 1. The summed E-state index contributed by atoms with van der Waals surface area (Å²) in [6.07, 6.45) is 4.35. The number of aromatic nitrogens is 1. The lowest BCUT2D eigenvalue weighted by Gasteiger charge is -2.24. The van der Waals surface area contributed by atoms with Crippen LogP contribution in [0.1, 0.15) is 27.2 Å². The summed E-state index contributed by atoms with van der Waals surface area (Å²) in [7, 11) is 0. The van der Waals surface area contributed by atoms with Gasteiger partial charge >= 0.3 is 0 Å². The summed E-state index contributed by atoms with van der Waals surface area (Å²) in [5, 5.41) is 4.56. The van der Waals surface area contributed by atoms with Crippen molar-refractivity contribution in [2.75, 3.05) is 31.6 Å². The Morgan fingerprint density at radius 3 is 2.97 bits per heavy atom. The third kappa shape index (κ3) is 4.97. The van der Waals surface area contributed by atoms with Gasteiger partial charge < -0.3 is 19.4 Å². The molecular formula is C28H29N3O3. The minimum atomic E-state index is 0.0397. The number of ether oxygens (including phenoxy) is 1. The van der Waals surface area contributed by atoms with E-state index in [4.69, 9.17) is 9.15 Å². The first-order valence-electron chi connectivity index (χ1n) is 11.7. The summed E-state index contributed by atoms with van der Waals surface area (Å²) in [6.45, 7) is 5.10. The van der Waals surface area contributed by atoms with Gasteiger partial charge in [0.1, 0.15) is 5.58 Å². The zero-order chi connectivity index (χ0) is 23.3. The first-order chi connectivity index (χ1) is 16.7. The zero-order valence-corrected chi connectivity index (χ0v) is 19.4. The molecule has 4 aromatic rings. The monoisotopic (exact) mass is 455 g/mol. The first kappa shape index (κ1) is 22.2. The predicted octanol–water partition coefficient (Wildman–Crippen LogP) is 5.08. The number of carbonyl (C=O) groups is 1. The van der Waals surface area contributed by atoms with E-state index in [0.29, 0.717) is 38.4 Å². The zero-order valence-electron chi connectivity index (χ0n) is 19.4. The molecule has 174 valence electrons. The van der Waals surface area contributed by atoms with E-state index in [2.05, 4.69) is 16.4 Å². The van der Waals surface area contributed by atoms with Gasteiger partial charge in [-0.1, -0.05) is 24.3 Å². The van der Waals surface area contributed by atoms with Crippen LogP contribution >= 0.6 is 0 Å². The van der Waals surface area contributed by atoms with Crippen LogP contribution in [0.15, 0.2) is 77.5 Å². The molecule has 1 saturated heterocycles. The van der Waals surface area contributed by atoms with Crippen LogP contribution in [0.25, 0.3) is 11.0 Å². The van der Waals surface area contributed by atoms with Crippen molar-refractivity contribution in [3.05, 3.63) is 95.5 Å². The maximum absolute atomic E-state index is 13.5. The van der Waals surface area contributed by atoms with Gasteiger partial charge in [-0.3, -0.25) is 9.78 Å². The highest BCUT2D eigenvalue weighted by atomic mass is 16.5. The Bertz CT molecular complexity index is 1270. The molecule has 5 rings (SSSR count). The molecule has 0 bridgehead atoms. The highest BCUT2D eigenvalue weighted by Gasteiger charge is 2.24. The molecule has 0 unspecified atom stereocenters. The van der Waals surface area contributed by atoms with Gasteiger partial charge in [-0.25, -0.2) is 0 Å². The van der Waals surface area contributed by atoms with E-state index in [-0.39, 0.29) is 11.8 Å². The fraction of sp³-hybridized carbons (Fsp3) is 0.286. The van der Waals surface area contributed by atoms with Crippen LogP contribution in [0.2, 0.25) is 0 Å². The van der Waals surface area contributed by atoms with Gasteiger partial charge in [0.25, 0.3) is 5.91 Å². The fourth-order valence-corrected chi connectivity index (χ4v) is 4.55. The average molecular weight is 456 g/mol. The SMILES string of the molecule is Cc1ccc(C(=O)N2CCOC[C@H](Cc3cccc4occc34)C2)cc1NCc1ccccn1. The minimum Gasteiger partial charge on any atom is -0.464 e. The number of benzene rings is 2. The van der Waals surface area contributed by atoms with Crippen LogP contribution < -0.4 is 5.32 Å². The normalized spacial score (nSPS) is 16.4. The van der Waals surface area contributed by atoms with E-state index >= 15 is 0 Å². The summed E-state index contributed by atoms with van der Waals surface area (Å²) in [5.74, 6) is 0.261. The van der Waals surface area contributed by atoms with Crippen molar-refractivity contribution < 1.29 is 13.9 Å². The maximum atomic E-state index is 13.5. The number of aryl methyl sites for hydroxylation is 1. The van der Waals surface area contributed by atoms with Crippen LogP contribution in [0.4, 0.5) is 5.69 Å². The van der Waals surface area contributed by atoms with Crippen LogP contribution in [0.5, 0.6) is 0 Å². The van der Waals surface area contributed by atoms with Crippen LogP contribution in [0, 0.1) is 12.8 Å². The molecule has 2 aromatic carbocycles. The number of furan rings is 1. The molecule has 6 nitrogen and oxygen atoms in total. The van der Waals surface area contributed by atoms with Crippen molar-refractivity contribution >= 4 is 22.6 Å². The average Bonchev–Trinajstić information content (AvgIpc) is 3.24. The second-order valence-corrected chi connectivity index (χ2v) is 8.85. The van der Waals surface area contributed by atoms with E-state index < -0.39 is 0 Å². The van der Waals surface area contributed by atoms with Gasteiger partial charge in [0, 0.05) is 41.8 Å². The van der Waals surface area contributed by atoms with Crippen molar-refractivity contribution in [2.24, 2.45) is 5.92 Å². The summed E-state index contributed by atoms with van der Waals surface area (Å²) in [6, 6.07) is 19.9. The summed E-state index contributed by atoms with van der Waals surface area (Å²) < 4.78 is 11.4. The molecule has 1 N–H and O–H groups in total. The van der Waals surface area contributed by atoms with Crippen molar-refractivity contribution in [3.8, 4) is 0 Å². The van der Waals surface area contributed by atoms with Crippen molar-refractivity contribution in [3.63, 3.8) is 0 Å². The Kier molecular flexibility index (Phi) is 6.58. The van der Waals surface area contributed by atoms with E-state index in [0.717, 1.165) is 34.3 Å². The third-order valence-electron chi connectivity index (χ3n) is 6.39. The predicted molar refractivity (Wildman–Crippen MR) is 133 cm³/mol. The Morgan fingerprint density at radius 1 is 1.15 bits per heavy atom. The highest BCUT2D eigenvalue weighted by Crippen LogP contribution is 2.25. The number of pyridine rings is 1. The van der Waals surface area contributed by atoms with Crippen LogP contribution in [-0.4, -0.2) is 42.1 Å². The van der Waals surface area contributed by atoms with E-state index in [1.54, 1.807) is 12.5 Å². The third-order valence-corrected chi connectivity index (χ3v) is 6.39. The van der Waals surface area contributed by atoms with Crippen molar-refractivity contribution in [1.82, 2.24) is 9.88 Å². The molecule has 1 fully saturated rings. The number of fused-ring (bicyclic) bond motifs is 1. The Balaban J connectivity index is 1.29. The quantitative estimate of drug-likeness (QED) is 0.439. The second-order valence-electron chi connectivity index (χ2n) is 8.85. The molecule has 1 aliphatic rings. The molecule has 0 spiro atoms. The number of rotatable bonds is 6. The van der Waals surface area contributed by atoms with E-state index in [1.165, 1.54) is 5.56 Å². The lowest BCUT2D eigenvalue weighted by atomic mass is 9.97. The van der Waals surface area contributed by atoms with Gasteiger partial charge in [0.15, 0.2) is 0 Å². The van der Waals surface area contributed by atoms with Gasteiger partial charge in [-0.05, 0) is 60.9 Å². The number of amides is 1. The van der Waals surface area contributed by atoms with Crippen molar-refractivity contribution in [2.45, 2.75) is 19.9 Å². The number of nitrogens with one attached hydrogen (secondary N) is 1. The molecule has 1 atom stereocenters.